The number of benzene rings is 1. The summed E-state index contributed by atoms with van der Waals surface area (Å²) >= 11 is 6.04. The summed E-state index contributed by atoms with van der Waals surface area (Å²) in [4.78, 5) is 20.2. The number of aromatic nitrogens is 3. The van der Waals surface area contributed by atoms with Gasteiger partial charge in [-0.2, -0.15) is 0 Å². The van der Waals surface area contributed by atoms with Crippen molar-refractivity contribution in [3.05, 3.63) is 65.3 Å². The van der Waals surface area contributed by atoms with Gasteiger partial charge in [0, 0.05) is 30.2 Å². The van der Waals surface area contributed by atoms with Gasteiger partial charge in [0.15, 0.2) is 5.65 Å². The number of amides is 1. The second-order valence-corrected chi connectivity index (χ2v) is 4.65. The first-order chi connectivity index (χ1) is 9.74. The Morgan fingerprint density at radius 2 is 2.20 bits per heavy atom. The Bertz CT molecular complexity index is 735. The van der Waals surface area contributed by atoms with Gasteiger partial charge in [-0.05, 0) is 11.6 Å². The molecule has 100 valence electrons. The summed E-state index contributed by atoms with van der Waals surface area (Å²) in [5.74, 6) is -0.242. The van der Waals surface area contributed by atoms with Crippen molar-refractivity contribution < 1.29 is 4.79 Å². The molecule has 1 amide bonds. The number of nitrogens with zero attached hydrogens (tertiary/aromatic N) is 3. The predicted molar refractivity (Wildman–Crippen MR) is 75.6 cm³/mol. The molecule has 3 aromatic rings. The zero-order chi connectivity index (χ0) is 13.9. The summed E-state index contributed by atoms with van der Waals surface area (Å²) in [7, 11) is 0. The van der Waals surface area contributed by atoms with Gasteiger partial charge in [0.25, 0.3) is 5.91 Å². The third kappa shape index (κ3) is 2.48. The zero-order valence-electron chi connectivity index (χ0n) is 10.5. The molecule has 0 saturated heterocycles. The second-order valence-electron chi connectivity index (χ2n) is 4.24. The van der Waals surface area contributed by atoms with Crippen LogP contribution in [0.15, 0.2) is 49.1 Å². The van der Waals surface area contributed by atoms with E-state index in [9.17, 15) is 4.79 Å². The standard InChI is InChI=1S/C14H11ClN4O/c15-11-4-2-1-3-10(11)7-17-14(20)12-9-19-6-5-16-8-13(19)18-12/h1-6,8-9H,7H2,(H,17,20). The highest BCUT2D eigenvalue weighted by atomic mass is 35.5. The first kappa shape index (κ1) is 12.6. The fraction of sp³-hybridized carbons (Fsp3) is 0.0714. The lowest BCUT2D eigenvalue weighted by Gasteiger charge is -2.04. The van der Waals surface area contributed by atoms with Crippen molar-refractivity contribution in [3.8, 4) is 0 Å². The van der Waals surface area contributed by atoms with Gasteiger partial charge in [-0.15, -0.1) is 0 Å². The summed E-state index contributed by atoms with van der Waals surface area (Å²) < 4.78 is 1.75. The van der Waals surface area contributed by atoms with E-state index in [4.69, 9.17) is 11.6 Å². The van der Waals surface area contributed by atoms with Gasteiger partial charge in [0.2, 0.25) is 0 Å². The molecular formula is C14H11ClN4O. The Morgan fingerprint density at radius 1 is 1.35 bits per heavy atom. The predicted octanol–water partition coefficient (Wildman–Crippen LogP) is 2.31. The summed E-state index contributed by atoms with van der Waals surface area (Å²) in [6.45, 7) is 0.366. The number of carbonyl (C=O) groups excluding carboxylic acids is 1. The maximum Gasteiger partial charge on any atom is 0.271 e. The van der Waals surface area contributed by atoms with E-state index in [2.05, 4.69) is 15.3 Å². The fourth-order valence-electron chi connectivity index (χ4n) is 1.86. The third-order valence-corrected chi connectivity index (χ3v) is 3.26. The van der Waals surface area contributed by atoms with Crippen LogP contribution in [0.1, 0.15) is 16.1 Å². The number of hydrogen-bond acceptors (Lipinski definition) is 3. The van der Waals surface area contributed by atoms with Gasteiger partial charge in [0.1, 0.15) is 5.69 Å². The van der Waals surface area contributed by atoms with Gasteiger partial charge in [-0.1, -0.05) is 29.8 Å². The molecule has 3 rings (SSSR count). The fourth-order valence-corrected chi connectivity index (χ4v) is 2.06. The molecule has 0 aliphatic heterocycles. The lowest BCUT2D eigenvalue weighted by atomic mass is 10.2. The molecular weight excluding hydrogens is 276 g/mol. The topological polar surface area (TPSA) is 59.3 Å². The molecule has 0 radical (unpaired) electrons. The van der Waals surface area contributed by atoms with E-state index in [1.165, 1.54) is 0 Å². The molecule has 0 bridgehead atoms. The van der Waals surface area contributed by atoms with Crippen LogP contribution in [0.25, 0.3) is 5.65 Å². The molecule has 1 aromatic carbocycles. The normalized spacial score (nSPS) is 10.7. The quantitative estimate of drug-likeness (QED) is 0.804. The second kappa shape index (κ2) is 5.30. The van der Waals surface area contributed by atoms with Gasteiger partial charge in [0.05, 0.1) is 6.20 Å². The van der Waals surface area contributed by atoms with Gasteiger partial charge in [-0.3, -0.25) is 9.78 Å². The maximum absolute atomic E-state index is 12.0. The van der Waals surface area contributed by atoms with Crippen LogP contribution in [0.5, 0.6) is 0 Å². The smallest absolute Gasteiger partial charge is 0.271 e. The highest BCUT2D eigenvalue weighted by molar-refractivity contribution is 6.31. The maximum atomic E-state index is 12.0. The number of hydrogen-bond donors (Lipinski definition) is 1. The Hall–Kier alpha value is -2.40. The van der Waals surface area contributed by atoms with Crippen LogP contribution < -0.4 is 5.32 Å². The molecule has 0 unspecified atom stereocenters. The molecule has 20 heavy (non-hydrogen) atoms. The number of imidazole rings is 1. The molecule has 6 heteroatoms. The lowest BCUT2D eigenvalue weighted by molar-refractivity contribution is 0.0946. The summed E-state index contributed by atoms with van der Waals surface area (Å²) in [6.07, 6.45) is 6.65. The number of nitrogens with one attached hydrogen (secondary N) is 1. The zero-order valence-corrected chi connectivity index (χ0v) is 11.2. The highest BCUT2D eigenvalue weighted by Gasteiger charge is 2.10. The van der Waals surface area contributed by atoms with Crippen LogP contribution in [0.4, 0.5) is 0 Å². The van der Waals surface area contributed by atoms with E-state index in [0.29, 0.717) is 22.9 Å². The molecule has 2 heterocycles. The lowest BCUT2D eigenvalue weighted by Crippen LogP contribution is -2.23. The molecule has 0 atom stereocenters. The molecule has 0 aliphatic carbocycles. The number of rotatable bonds is 3. The van der Waals surface area contributed by atoms with E-state index in [1.54, 1.807) is 35.3 Å². The number of halogens is 1. The van der Waals surface area contributed by atoms with Gasteiger partial charge >= 0.3 is 0 Å². The Labute approximate surface area is 120 Å². The van der Waals surface area contributed by atoms with Crippen molar-refractivity contribution in [2.75, 3.05) is 0 Å². The average Bonchev–Trinajstić information content (AvgIpc) is 2.90. The van der Waals surface area contributed by atoms with Crippen LogP contribution >= 0.6 is 11.6 Å². The Kier molecular flexibility index (Phi) is 3.35. The Balaban J connectivity index is 1.75. The van der Waals surface area contributed by atoms with Crippen LogP contribution in [0, 0.1) is 0 Å². The van der Waals surface area contributed by atoms with Crippen molar-refractivity contribution in [1.82, 2.24) is 19.7 Å². The van der Waals surface area contributed by atoms with Gasteiger partial charge in [-0.25, -0.2) is 4.98 Å². The SMILES string of the molecule is O=C(NCc1ccccc1Cl)c1cn2ccncc2n1. The van der Waals surface area contributed by atoms with Gasteiger partial charge < -0.3 is 9.72 Å². The number of fused-ring (bicyclic) bond motifs is 1. The molecule has 0 spiro atoms. The van der Waals surface area contributed by atoms with Crippen LogP contribution in [-0.2, 0) is 6.54 Å². The number of carbonyl (C=O) groups is 1. The van der Waals surface area contributed by atoms with Crippen LogP contribution in [0.3, 0.4) is 0 Å². The summed E-state index contributed by atoms with van der Waals surface area (Å²) in [5, 5.41) is 3.43. The van der Waals surface area contributed by atoms with Crippen molar-refractivity contribution in [2.45, 2.75) is 6.54 Å². The molecule has 0 aliphatic rings. The summed E-state index contributed by atoms with van der Waals surface area (Å²) in [5.41, 5.74) is 1.85. The van der Waals surface area contributed by atoms with E-state index < -0.39 is 0 Å². The monoisotopic (exact) mass is 286 g/mol. The van der Waals surface area contributed by atoms with E-state index in [-0.39, 0.29) is 5.91 Å². The summed E-state index contributed by atoms with van der Waals surface area (Å²) in [6, 6.07) is 7.39. The largest absolute Gasteiger partial charge is 0.347 e. The molecule has 1 N–H and O–H groups in total. The minimum absolute atomic E-state index is 0.242. The molecule has 0 fully saturated rings. The van der Waals surface area contributed by atoms with Crippen molar-refractivity contribution in [1.29, 1.82) is 0 Å². The first-order valence-electron chi connectivity index (χ1n) is 6.04. The van der Waals surface area contributed by atoms with E-state index in [0.717, 1.165) is 5.56 Å². The van der Waals surface area contributed by atoms with E-state index in [1.807, 2.05) is 18.2 Å². The molecule has 5 nitrogen and oxygen atoms in total. The highest BCUT2D eigenvalue weighted by Crippen LogP contribution is 2.14. The minimum atomic E-state index is -0.242. The van der Waals surface area contributed by atoms with Crippen molar-refractivity contribution in [3.63, 3.8) is 0 Å². The minimum Gasteiger partial charge on any atom is -0.347 e. The third-order valence-electron chi connectivity index (χ3n) is 2.89. The van der Waals surface area contributed by atoms with Crippen LogP contribution in [-0.4, -0.2) is 20.3 Å². The average molecular weight is 287 g/mol. The first-order valence-corrected chi connectivity index (χ1v) is 6.42. The van der Waals surface area contributed by atoms with Crippen molar-refractivity contribution in [2.24, 2.45) is 0 Å². The van der Waals surface area contributed by atoms with Crippen LogP contribution in [0.2, 0.25) is 5.02 Å². The molecule has 0 saturated carbocycles. The van der Waals surface area contributed by atoms with E-state index >= 15 is 0 Å². The van der Waals surface area contributed by atoms with Crippen molar-refractivity contribution >= 4 is 23.2 Å². The molecule has 2 aromatic heterocycles. The Morgan fingerprint density at radius 3 is 3.00 bits per heavy atom.